The van der Waals surface area contributed by atoms with Gasteiger partial charge in [0.25, 0.3) is 0 Å². The van der Waals surface area contributed by atoms with Crippen LogP contribution < -0.4 is 0 Å². The summed E-state index contributed by atoms with van der Waals surface area (Å²) in [4.78, 5) is 15.5. The highest BCUT2D eigenvalue weighted by Gasteiger charge is 2.12. The standard InChI is InChI=1S/C13H15NO2S/c1-2-3-4-8-11-14-10-7-5-6-9(13(15)16)12(10)17-11/h5-7H,2-4,8H2,1H3,(H,15,16). The third-order valence-electron chi connectivity index (χ3n) is 2.68. The number of aryl methyl sites for hydroxylation is 1. The van der Waals surface area contributed by atoms with Crippen LogP contribution >= 0.6 is 11.3 Å². The van der Waals surface area contributed by atoms with E-state index in [9.17, 15) is 4.79 Å². The Kier molecular flexibility index (Phi) is 3.74. The van der Waals surface area contributed by atoms with E-state index in [1.165, 1.54) is 24.2 Å². The largest absolute Gasteiger partial charge is 0.478 e. The Bertz CT molecular complexity index is 533. The molecule has 0 unspecified atom stereocenters. The molecule has 0 spiro atoms. The third kappa shape index (κ3) is 2.64. The van der Waals surface area contributed by atoms with E-state index >= 15 is 0 Å². The highest BCUT2D eigenvalue weighted by Crippen LogP contribution is 2.26. The second-order valence-electron chi connectivity index (χ2n) is 4.02. The van der Waals surface area contributed by atoms with Crippen molar-refractivity contribution in [3.8, 4) is 0 Å². The van der Waals surface area contributed by atoms with Gasteiger partial charge in [-0.15, -0.1) is 11.3 Å². The highest BCUT2D eigenvalue weighted by atomic mass is 32.1. The first kappa shape index (κ1) is 12.0. The van der Waals surface area contributed by atoms with Crippen LogP contribution in [0.15, 0.2) is 18.2 Å². The van der Waals surface area contributed by atoms with Crippen LogP contribution in [0.2, 0.25) is 0 Å². The summed E-state index contributed by atoms with van der Waals surface area (Å²) in [7, 11) is 0. The van der Waals surface area contributed by atoms with Gasteiger partial charge in [-0.1, -0.05) is 25.8 Å². The molecule has 0 aliphatic carbocycles. The van der Waals surface area contributed by atoms with Crippen molar-refractivity contribution in [2.75, 3.05) is 0 Å². The van der Waals surface area contributed by atoms with E-state index in [0.29, 0.717) is 5.56 Å². The van der Waals surface area contributed by atoms with Crippen molar-refractivity contribution in [1.82, 2.24) is 4.98 Å². The lowest BCUT2D eigenvalue weighted by Gasteiger charge is -1.93. The molecule has 0 atom stereocenters. The summed E-state index contributed by atoms with van der Waals surface area (Å²) in [5, 5.41) is 10.1. The summed E-state index contributed by atoms with van der Waals surface area (Å²) >= 11 is 1.51. The predicted molar refractivity (Wildman–Crippen MR) is 69.8 cm³/mol. The molecule has 0 fully saturated rings. The number of carboxylic acids is 1. The molecular formula is C13H15NO2S. The number of aromatic nitrogens is 1. The van der Waals surface area contributed by atoms with Crippen molar-refractivity contribution >= 4 is 27.5 Å². The number of hydrogen-bond acceptors (Lipinski definition) is 3. The molecule has 0 amide bonds. The Morgan fingerprint density at radius 1 is 1.41 bits per heavy atom. The molecular weight excluding hydrogens is 234 g/mol. The molecule has 1 aromatic heterocycles. The van der Waals surface area contributed by atoms with Crippen LogP contribution in [0.5, 0.6) is 0 Å². The van der Waals surface area contributed by atoms with Crippen molar-refractivity contribution in [2.24, 2.45) is 0 Å². The maximum absolute atomic E-state index is 11.1. The van der Waals surface area contributed by atoms with Crippen LogP contribution in [0, 0.1) is 0 Å². The van der Waals surface area contributed by atoms with Gasteiger partial charge in [0.15, 0.2) is 0 Å². The van der Waals surface area contributed by atoms with Gasteiger partial charge in [-0.25, -0.2) is 9.78 Å². The first-order valence-corrected chi connectivity index (χ1v) is 6.65. The van der Waals surface area contributed by atoms with Gasteiger partial charge in [-0.2, -0.15) is 0 Å². The summed E-state index contributed by atoms with van der Waals surface area (Å²) in [6.45, 7) is 2.17. The number of aromatic carboxylic acids is 1. The molecule has 0 aliphatic heterocycles. The average molecular weight is 249 g/mol. The zero-order chi connectivity index (χ0) is 12.3. The van der Waals surface area contributed by atoms with E-state index in [1.54, 1.807) is 12.1 Å². The minimum atomic E-state index is -0.876. The second-order valence-corrected chi connectivity index (χ2v) is 5.11. The molecule has 1 N–H and O–H groups in total. The number of hydrogen-bond donors (Lipinski definition) is 1. The van der Waals surface area contributed by atoms with Gasteiger partial charge in [0.1, 0.15) is 0 Å². The van der Waals surface area contributed by atoms with E-state index in [0.717, 1.165) is 28.1 Å². The first-order chi connectivity index (χ1) is 8.22. The van der Waals surface area contributed by atoms with Crippen LogP contribution in [-0.2, 0) is 6.42 Å². The fourth-order valence-corrected chi connectivity index (χ4v) is 2.91. The number of carbonyl (C=O) groups is 1. The molecule has 0 saturated carbocycles. The quantitative estimate of drug-likeness (QED) is 0.821. The zero-order valence-electron chi connectivity index (χ0n) is 9.77. The maximum atomic E-state index is 11.1. The fourth-order valence-electron chi connectivity index (χ4n) is 1.80. The fraction of sp³-hybridized carbons (Fsp3) is 0.385. The van der Waals surface area contributed by atoms with E-state index in [2.05, 4.69) is 11.9 Å². The van der Waals surface area contributed by atoms with Gasteiger partial charge in [0.05, 0.1) is 20.8 Å². The van der Waals surface area contributed by atoms with Crippen molar-refractivity contribution in [2.45, 2.75) is 32.6 Å². The summed E-state index contributed by atoms with van der Waals surface area (Å²) in [6.07, 6.45) is 4.46. The van der Waals surface area contributed by atoms with Gasteiger partial charge >= 0.3 is 5.97 Å². The summed E-state index contributed by atoms with van der Waals surface area (Å²) in [6, 6.07) is 5.27. The predicted octanol–water partition coefficient (Wildman–Crippen LogP) is 3.73. The van der Waals surface area contributed by atoms with Gasteiger partial charge in [0, 0.05) is 0 Å². The molecule has 3 nitrogen and oxygen atoms in total. The first-order valence-electron chi connectivity index (χ1n) is 5.84. The van der Waals surface area contributed by atoms with E-state index < -0.39 is 5.97 Å². The number of rotatable bonds is 5. The van der Waals surface area contributed by atoms with Crippen LogP contribution in [0.25, 0.3) is 10.2 Å². The topological polar surface area (TPSA) is 50.2 Å². The lowest BCUT2D eigenvalue weighted by atomic mass is 10.2. The molecule has 0 aliphatic rings. The van der Waals surface area contributed by atoms with E-state index in [4.69, 9.17) is 5.11 Å². The zero-order valence-corrected chi connectivity index (χ0v) is 10.6. The van der Waals surface area contributed by atoms with Crippen LogP contribution in [-0.4, -0.2) is 16.1 Å². The van der Waals surface area contributed by atoms with Crippen LogP contribution in [0.1, 0.15) is 41.6 Å². The molecule has 0 radical (unpaired) electrons. The molecule has 90 valence electrons. The molecule has 0 saturated heterocycles. The van der Waals surface area contributed by atoms with Crippen molar-refractivity contribution in [3.63, 3.8) is 0 Å². The summed E-state index contributed by atoms with van der Waals surface area (Å²) < 4.78 is 0.798. The minimum Gasteiger partial charge on any atom is -0.478 e. The molecule has 2 aromatic rings. The molecule has 0 bridgehead atoms. The maximum Gasteiger partial charge on any atom is 0.337 e. The SMILES string of the molecule is CCCCCc1nc2cccc(C(=O)O)c2s1. The lowest BCUT2D eigenvalue weighted by molar-refractivity contribution is 0.0699. The molecule has 4 heteroatoms. The van der Waals surface area contributed by atoms with Crippen molar-refractivity contribution < 1.29 is 9.90 Å². The average Bonchev–Trinajstić information content (AvgIpc) is 2.71. The summed E-state index contributed by atoms with van der Waals surface area (Å²) in [5.74, 6) is -0.876. The Morgan fingerprint density at radius 2 is 2.24 bits per heavy atom. The van der Waals surface area contributed by atoms with Crippen molar-refractivity contribution in [3.05, 3.63) is 28.8 Å². The summed E-state index contributed by atoms with van der Waals surface area (Å²) in [5.41, 5.74) is 1.17. The number of unbranched alkanes of at least 4 members (excludes halogenated alkanes) is 2. The Hall–Kier alpha value is -1.42. The molecule has 17 heavy (non-hydrogen) atoms. The van der Waals surface area contributed by atoms with Gasteiger partial charge < -0.3 is 5.11 Å². The smallest absolute Gasteiger partial charge is 0.337 e. The van der Waals surface area contributed by atoms with Gasteiger partial charge in [0.2, 0.25) is 0 Å². The van der Waals surface area contributed by atoms with Gasteiger partial charge in [-0.05, 0) is 25.0 Å². The van der Waals surface area contributed by atoms with Crippen LogP contribution in [0.4, 0.5) is 0 Å². The Labute approximate surface area is 104 Å². The van der Waals surface area contributed by atoms with Crippen LogP contribution in [0.3, 0.4) is 0 Å². The number of fused-ring (bicyclic) bond motifs is 1. The second kappa shape index (κ2) is 5.27. The molecule has 1 heterocycles. The monoisotopic (exact) mass is 249 g/mol. The Balaban J connectivity index is 2.30. The third-order valence-corrected chi connectivity index (χ3v) is 3.85. The van der Waals surface area contributed by atoms with E-state index in [1.807, 2.05) is 6.07 Å². The number of carboxylic acid groups (broad SMARTS) is 1. The number of benzene rings is 1. The normalized spacial score (nSPS) is 10.9. The highest BCUT2D eigenvalue weighted by molar-refractivity contribution is 7.19. The Morgan fingerprint density at radius 3 is 2.94 bits per heavy atom. The minimum absolute atomic E-state index is 0.363. The number of thiazole rings is 1. The van der Waals surface area contributed by atoms with Crippen molar-refractivity contribution in [1.29, 1.82) is 0 Å². The molecule has 1 aromatic carbocycles. The molecule has 2 rings (SSSR count). The number of nitrogens with zero attached hydrogens (tertiary/aromatic N) is 1. The van der Waals surface area contributed by atoms with Gasteiger partial charge in [-0.3, -0.25) is 0 Å². The lowest BCUT2D eigenvalue weighted by Crippen LogP contribution is -1.95. The van der Waals surface area contributed by atoms with E-state index in [-0.39, 0.29) is 0 Å².